The van der Waals surface area contributed by atoms with E-state index in [1.807, 2.05) is 48.5 Å². The number of hydrogen-bond acceptors (Lipinski definition) is 3. The Hall–Kier alpha value is -3.21. The van der Waals surface area contributed by atoms with Crippen molar-refractivity contribution in [2.45, 2.75) is 12.8 Å². The first-order valence-electron chi connectivity index (χ1n) is 8.22. The fourth-order valence-electron chi connectivity index (χ4n) is 2.52. The second kappa shape index (κ2) is 8.06. The molecule has 1 N–H and O–H groups in total. The molecular weight excluding hydrogens is 312 g/mol. The molecule has 1 aromatic heterocycles. The van der Waals surface area contributed by atoms with E-state index in [0.29, 0.717) is 13.0 Å². The molecule has 0 unspecified atom stereocenters. The van der Waals surface area contributed by atoms with Gasteiger partial charge in [0, 0.05) is 13.0 Å². The molecule has 0 spiro atoms. The highest BCUT2D eigenvalue weighted by molar-refractivity contribution is 5.90. The summed E-state index contributed by atoms with van der Waals surface area (Å²) in [5.74, 6) is 0.642. The molecule has 0 bridgehead atoms. The van der Waals surface area contributed by atoms with E-state index in [0.717, 1.165) is 17.9 Å². The minimum Gasteiger partial charge on any atom is -0.346 e. The molecule has 1 amide bonds. The second-order valence-corrected chi connectivity index (χ2v) is 5.58. The number of hydrogen-bond donors (Lipinski definition) is 1. The van der Waals surface area contributed by atoms with Crippen molar-refractivity contribution in [2.24, 2.45) is 0 Å². The van der Waals surface area contributed by atoms with Crippen LogP contribution in [-0.2, 0) is 12.8 Å². The number of rotatable bonds is 7. The van der Waals surface area contributed by atoms with Crippen molar-refractivity contribution in [1.82, 2.24) is 20.1 Å². The van der Waals surface area contributed by atoms with Crippen LogP contribution in [0.1, 0.15) is 22.0 Å². The SMILES string of the molecule is C=CCNC(=O)c1nc(CCc2ccccc2)n(-c2ccccc2)n1. The zero-order chi connectivity index (χ0) is 17.5. The fraction of sp³-hybridized carbons (Fsp3) is 0.150. The summed E-state index contributed by atoms with van der Waals surface area (Å²) in [6.07, 6.45) is 3.16. The molecule has 0 aliphatic rings. The topological polar surface area (TPSA) is 59.8 Å². The van der Waals surface area contributed by atoms with Gasteiger partial charge in [-0.25, -0.2) is 9.67 Å². The number of amides is 1. The highest BCUT2D eigenvalue weighted by atomic mass is 16.2. The van der Waals surface area contributed by atoms with Crippen molar-refractivity contribution in [1.29, 1.82) is 0 Å². The number of benzene rings is 2. The second-order valence-electron chi connectivity index (χ2n) is 5.58. The highest BCUT2D eigenvalue weighted by Gasteiger charge is 2.16. The summed E-state index contributed by atoms with van der Waals surface area (Å²) < 4.78 is 1.74. The summed E-state index contributed by atoms with van der Waals surface area (Å²) in [5, 5.41) is 7.12. The Morgan fingerprint density at radius 2 is 1.72 bits per heavy atom. The van der Waals surface area contributed by atoms with Gasteiger partial charge in [-0.1, -0.05) is 54.6 Å². The van der Waals surface area contributed by atoms with Gasteiger partial charge in [-0.15, -0.1) is 11.7 Å². The molecule has 0 atom stereocenters. The Bertz CT molecular complexity index is 841. The molecule has 3 rings (SSSR count). The van der Waals surface area contributed by atoms with Crippen LogP contribution in [-0.4, -0.2) is 27.2 Å². The van der Waals surface area contributed by atoms with Gasteiger partial charge in [0.2, 0.25) is 5.82 Å². The van der Waals surface area contributed by atoms with Crippen molar-refractivity contribution >= 4 is 5.91 Å². The monoisotopic (exact) mass is 332 g/mol. The maximum absolute atomic E-state index is 12.2. The van der Waals surface area contributed by atoms with Crippen molar-refractivity contribution in [2.75, 3.05) is 6.54 Å². The summed E-state index contributed by atoms with van der Waals surface area (Å²) in [5.41, 5.74) is 2.11. The Labute approximate surface area is 147 Å². The Morgan fingerprint density at radius 1 is 1.04 bits per heavy atom. The lowest BCUT2D eigenvalue weighted by Crippen LogP contribution is -2.24. The van der Waals surface area contributed by atoms with Gasteiger partial charge in [0.1, 0.15) is 5.82 Å². The van der Waals surface area contributed by atoms with Crippen molar-refractivity contribution in [3.63, 3.8) is 0 Å². The molecule has 5 heteroatoms. The third-order valence-electron chi connectivity index (χ3n) is 3.77. The van der Waals surface area contributed by atoms with Crippen LogP contribution in [0.4, 0.5) is 0 Å². The summed E-state index contributed by atoms with van der Waals surface area (Å²) in [6.45, 7) is 3.99. The number of carbonyl (C=O) groups excluding carboxylic acids is 1. The van der Waals surface area contributed by atoms with Crippen LogP contribution < -0.4 is 5.32 Å². The van der Waals surface area contributed by atoms with E-state index in [4.69, 9.17) is 0 Å². The molecule has 5 nitrogen and oxygen atoms in total. The van der Waals surface area contributed by atoms with E-state index in [-0.39, 0.29) is 11.7 Å². The molecule has 3 aromatic rings. The van der Waals surface area contributed by atoms with Gasteiger partial charge in [0.15, 0.2) is 0 Å². The lowest BCUT2D eigenvalue weighted by Gasteiger charge is -2.05. The quantitative estimate of drug-likeness (QED) is 0.677. The number of nitrogens with one attached hydrogen (secondary N) is 1. The van der Waals surface area contributed by atoms with E-state index in [9.17, 15) is 4.79 Å². The lowest BCUT2D eigenvalue weighted by atomic mass is 10.1. The largest absolute Gasteiger partial charge is 0.346 e. The van der Waals surface area contributed by atoms with Gasteiger partial charge >= 0.3 is 0 Å². The van der Waals surface area contributed by atoms with Crippen LogP contribution >= 0.6 is 0 Å². The average Bonchev–Trinajstić information content (AvgIpc) is 3.10. The van der Waals surface area contributed by atoms with Gasteiger partial charge < -0.3 is 5.32 Å². The Morgan fingerprint density at radius 3 is 2.40 bits per heavy atom. The van der Waals surface area contributed by atoms with Crippen LogP contribution in [0, 0.1) is 0 Å². The molecule has 2 aromatic carbocycles. The molecular formula is C20H20N4O. The summed E-state index contributed by atoms with van der Waals surface area (Å²) in [4.78, 5) is 16.6. The fourth-order valence-corrected chi connectivity index (χ4v) is 2.52. The number of carbonyl (C=O) groups is 1. The number of nitrogens with zero attached hydrogens (tertiary/aromatic N) is 3. The first-order chi connectivity index (χ1) is 12.3. The minimum atomic E-state index is -0.296. The Balaban J connectivity index is 1.87. The predicted octanol–water partition coefficient (Wildman–Crippen LogP) is 2.97. The summed E-state index contributed by atoms with van der Waals surface area (Å²) in [6, 6.07) is 19.9. The normalized spacial score (nSPS) is 10.4. The molecule has 1 heterocycles. The number of aryl methyl sites for hydroxylation is 2. The van der Waals surface area contributed by atoms with Crippen LogP contribution in [0.2, 0.25) is 0 Å². The smallest absolute Gasteiger partial charge is 0.291 e. The van der Waals surface area contributed by atoms with Crippen molar-refractivity contribution < 1.29 is 4.79 Å². The van der Waals surface area contributed by atoms with Crippen LogP contribution in [0.25, 0.3) is 5.69 Å². The lowest BCUT2D eigenvalue weighted by molar-refractivity contribution is 0.0947. The number of aromatic nitrogens is 3. The highest BCUT2D eigenvalue weighted by Crippen LogP contribution is 2.12. The summed E-state index contributed by atoms with van der Waals surface area (Å²) in [7, 11) is 0. The third-order valence-corrected chi connectivity index (χ3v) is 3.77. The first-order valence-corrected chi connectivity index (χ1v) is 8.22. The number of para-hydroxylation sites is 1. The van der Waals surface area contributed by atoms with Crippen molar-refractivity contribution in [3.05, 3.63) is 90.5 Å². The van der Waals surface area contributed by atoms with Gasteiger partial charge in [-0.2, -0.15) is 0 Å². The zero-order valence-corrected chi connectivity index (χ0v) is 13.9. The van der Waals surface area contributed by atoms with Crippen LogP contribution in [0.15, 0.2) is 73.3 Å². The molecule has 0 saturated heterocycles. The summed E-state index contributed by atoms with van der Waals surface area (Å²) >= 11 is 0. The van der Waals surface area contributed by atoms with E-state index in [1.54, 1.807) is 10.8 Å². The van der Waals surface area contributed by atoms with Gasteiger partial charge in [-0.05, 0) is 24.1 Å². The molecule has 0 radical (unpaired) electrons. The van der Waals surface area contributed by atoms with E-state index >= 15 is 0 Å². The predicted molar refractivity (Wildman–Crippen MR) is 97.7 cm³/mol. The molecule has 0 aliphatic carbocycles. The van der Waals surface area contributed by atoms with Crippen molar-refractivity contribution in [3.8, 4) is 5.69 Å². The van der Waals surface area contributed by atoms with Gasteiger partial charge in [-0.3, -0.25) is 4.79 Å². The van der Waals surface area contributed by atoms with E-state index in [2.05, 4.69) is 34.1 Å². The molecule has 0 fully saturated rings. The van der Waals surface area contributed by atoms with E-state index < -0.39 is 0 Å². The standard InChI is InChI=1S/C20H20N4O/c1-2-15-21-20(25)19-22-18(14-13-16-9-5-3-6-10-16)24(23-19)17-11-7-4-8-12-17/h2-12H,1,13-15H2,(H,21,25). The Kier molecular flexibility index (Phi) is 5.36. The van der Waals surface area contributed by atoms with E-state index in [1.165, 1.54) is 5.56 Å². The van der Waals surface area contributed by atoms with Crippen LogP contribution in [0.5, 0.6) is 0 Å². The zero-order valence-electron chi connectivity index (χ0n) is 13.9. The van der Waals surface area contributed by atoms with Gasteiger partial charge in [0.05, 0.1) is 5.69 Å². The molecule has 0 saturated carbocycles. The van der Waals surface area contributed by atoms with Crippen LogP contribution in [0.3, 0.4) is 0 Å². The molecule has 0 aliphatic heterocycles. The maximum Gasteiger partial charge on any atom is 0.291 e. The first kappa shape index (κ1) is 16.6. The molecule has 126 valence electrons. The maximum atomic E-state index is 12.2. The van der Waals surface area contributed by atoms with Gasteiger partial charge in [0.25, 0.3) is 5.91 Å². The minimum absolute atomic E-state index is 0.175. The third kappa shape index (κ3) is 4.20. The molecule has 25 heavy (non-hydrogen) atoms. The average molecular weight is 332 g/mol.